The number of hydrogen-bond acceptors (Lipinski definition) is 3. The van der Waals surface area contributed by atoms with E-state index < -0.39 is 0 Å². The lowest BCUT2D eigenvalue weighted by Crippen LogP contribution is -2.31. The standard InChI is InChI=1S/C8H17NO2/c1-8-6-9(2-4-10)3-5-11-7-8/h8,10H,2-7H2,1H3. The van der Waals surface area contributed by atoms with Gasteiger partial charge in [0, 0.05) is 19.6 Å². The first-order chi connectivity index (χ1) is 5.33. The highest BCUT2D eigenvalue weighted by atomic mass is 16.5. The SMILES string of the molecule is CC1COCCN(CCO)C1. The number of hydrogen-bond donors (Lipinski definition) is 1. The number of ether oxygens (including phenoxy) is 1. The second kappa shape index (κ2) is 4.70. The first kappa shape index (κ1) is 8.97. The van der Waals surface area contributed by atoms with Crippen LogP contribution in [0.5, 0.6) is 0 Å². The van der Waals surface area contributed by atoms with E-state index in [0.717, 1.165) is 32.8 Å². The summed E-state index contributed by atoms with van der Waals surface area (Å²) in [5.74, 6) is 0.601. The zero-order valence-electron chi connectivity index (χ0n) is 7.12. The summed E-state index contributed by atoms with van der Waals surface area (Å²) < 4.78 is 5.36. The molecule has 1 N–H and O–H groups in total. The van der Waals surface area contributed by atoms with Crippen molar-refractivity contribution >= 4 is 0 Å². The van der Waals surface area contributed by atoms with Crippen LogP contribution in [0.4, 0.5) is 0 Å². The van der Waals surface area contributed by atoms with Crippen molar-refractivity contribution in [3.63, 3.8) is 0 Å². The first-order valence-corrected chi connectivity index (χ1v) is 4.24. The molecule has 3 heteroatoms. The number of β-amino-alcohol motifs (C(OH)–C–C–N with tert-alkyl or cyclic N) is 1. The minimum Gasteiger partial charge on any atom is -0.395 e. The molecule has 0 aliphatic carbocycles. The van der Waals surface area contributed by atoms with Gasteiger partial charge in [-0.25, -0.2) is 0 Å². The van der Waals surface area contributed by atoms with Crippen molar-refractivity contribution < 1.29 is 9.84 Å². The fourth-order valence-corrected chi connectivity index (χ4v) is 1.41. The van der Waals surface area contributed by atoms with Gasteiger partial charge in [-0.3, -0.25) is 4.90 Å². The summed E-state index contributed by atoms with van der Waals surface area (Å²) in [5, 5.41) is 8.71. The van der Waals surface area contributed by atoms with Crippen LogP contribution < -0.4 is 0 Å². The summed E-state index contributed by atoms with van der Waals surface area (Å²) in [6.07, 6.45) is 0. The third-order valence-corrected chi connectivity index (χ3v) is 1.94. The molecule has 0 amide bonds. The molecule has 11 heavy (non-hydrogen) atoms. The fraction of sp³-hybridized carbons (Fsp3) is 1.00. The van der Waals surface area contributed by atoms with Crippen LogP contribution in [0.2, 0.25) is 0 Å². The quantitative estimate of drug-likeness (QED) is 0.613. The number of rotatable bonds is 2. The molecule has 0 aromatic heterocycles. The topological polar surface area (TPSA) is 32.7 Å². The molecule has 1 saturated heterocycles. The summed E-state index contributed by atoms with van der Waals surface area (Å²) in [4.78, 5) is 2.25. The van der Waals surface area contributed by atoms with Crippen LogP contribution in [0.25, 0.3) is 0 Å². The van der Waals surface area contributed by atoms with Crippen LogP contribution in [-0.4, -0.2) is 49.5 Å². The molecule has 0 bridgehead atoms. The van der Waals surface area contributed by atoms with Crippen molar-refractivity contribution in [1.29, 1.82) is 0 Å². The summed E-state index contributed by atoms with van der Waals surface area (Å²) >= 11 is 0. The van der Waals surface area contributed by atoms with Gasteiger partial charge < -0.3 is 9.84 Å². The van der Waals surface area contributed by atoms with Crippen LogP contribution >= 0.6 is 0 Å². The van der Waals surface area contributed by atoms with Gasteiger partial charge in [0.05, 0.1) is 19.8 Å². The normalized spacial score (nSPS) is 28.4. The van der Waals surface area contributed by atoms with E-state index in [2.05, 4.69) is 11.8 Å². The molecule has 0 radical (unpaired) electrons. The molecular weight excluding hydrogens is 142 g/mol. The minimum absolute atomic E-state index is 0.257. The molecule has 1 aliphatic heterocycles. The number of aliphatic hydroxyl groups is 1. The van der Waals surface area contributed by atoms with E-state index in [-0.39, 0.29) is 6.61 Å². The maximum Gasteiger partial charge on any atom is 0.0593 e. The summed E-state index contributed by atoms with van der Waals surface area (Å²) in [5.41, 5.74) is 0. The maximum absolute atomic E-state index is 8.71. The molecule has 0 aromatic carbocycles. The smallest absolute Gasteiger partial charge is 0.0593 e. The summed E-state index contributed by atoms with van der Waals surface area (Å²) in [6, 6.07) is 0. The van der Waals surface area contributed by atoms with Gasteiger partial charge in [-0.15, -0.1) is 0 Å². The molecule has 66 valence electrons. The predicted molar refractivity (Wildman–Crippen MR) is 43.5 cm³/mol. The third-order valence-electron chi connectivity index (χ3n) is 1.94. The highest BCUT2D eigenvalue weighted by Gasteiger charge is 2.13. The molecule has 1 heterocycles. The first-order valence-electron chi connectivity index (χ1n) is 4.24. The molecular formula is C8H17NO2. The van der Waals surface area contributed by atoms with E-state index in [1.54, 1.807) is 0 Å². The van der Waals surface area contributed by atoms with Crippen LogP contribution in [0, 0.1) is 5.92 Å². The van der Waals surface area contributed by atoms with Gasteiger partial charge >= 0.3 is 0 Å². The van der Waals surface area contributed by atoms with Crippen LogP contribution in [0.15, 0.2) is 0 Å². The molecule has 0 aromatic rings. The Labute approximate surface area is 68.0 Å². The molecule has 3 nitrogen and oxygen atoms in total. The fourth-order valence-electron chi connectivity index (χ4n) is 1.41. The maximum atomic E-state index is 8.71. The van der Waals surface area contributed by atoms with Crippen molar-refractivity contribution in [3.8, 4) is 0 Å². The Morgan fingerprint density at radius 1 is 1.64 bits per heavy atom. The van der Waals surface area contributed by atoms with Crippen LogP contribution in [0.1, 0.15) is 6.92 Å². The van der Waals surface area contributed by atoms with Crippen LogP contribution in [0.3, 0.4) is 0 Å². The average Bonchev–Trinajstić information content (AvgIpc) is 2.15. The zero-order chi connectivity index (χ0) is 8.10. The van der Waals surface area contributed by atoms with Crippen molar-refractivity contribution in [2.45, 2.75) is 6.92 Å². The highest BCUT2D eigenvalue weighted by Crippen LogP contribution is 2.04. The van der Waals surface area contributed by atoms with Gasteiger partial charge in [0.25, 0.3) is 0 Å². The van der Waals surface area contributed by atoms with Crippen molar-refractivity contribution in [1.82, 2.24) is 4.90 Å². The molecule has 0 spiro atoms. The van der Waals surface area contributed by atoms with E-state index in [0.29, 0.717) is 5.92 Å². The Morgan fingerprint density at radius 2 is 2.45 bits per heavy atom. The van der Waals surface area contributed by atoms with E-state index >= 15 is 0 Å². The molecule has 0 saturated carbocycles. The minimum atomic E-state index is 0.257. The van der Waals surface area contributed by atoms with Crippen LogP contribution in [-0.2, 0) is 4.74 Å². The zero-order valence-corrected chi connectivity index (χ0v) is 7.12. The Balaban J connectivity index is 2.27. The Morgan fingerprint density at radius 3 is 3.18 bits per heavy atom. The highest BCUT2D eigenvalue weighted by molar-refractivity contribution is 4.65. The monoisotopic (exact) mass is 159 g/mol. The van der Waals surface area contributed by atoms with E-state index in [1.807, 2.05) is 0 Å². The lowest BCUT2D eigenvalue weighted by atomic mass is 10.2. The Kier molecular flexibility index (Phi) is 3.83. The lowest BCUT2D eigenvalue weighted by molar-refractivity contribution is 0.124. The van der Waals surface area contributed by atoms with Gasteiger partial charge in [-0.2, -0.15) is 0 Å². The van der Waals surface area contributed by atoms with E-state index in [1.165, 1.54) is 0 Å². The number of nitrogens with zero attached hydrogens (tertiary/aromatic N) is 1. The van der Waals surface area contributed by atoms with Crippen molar-refractivity contribution in [2.24, 2.45) is 5.92 Å². The van der Waals surface area contributed by atoms with E-state index in [4.69, 9.17) is 9.84 Å². The van der Waals surface area contributed by atoms with E-state index in [9.17, 15) is 0 Å². The Hall–Kier alpha value is -0.120. The predicted octanol–water partition coefficient (Wildman–Crippen LogP) is -0.0530. The lowest BCUT2D eigenvalue weighted by Gasteiger charge is -2.19. The summed E-state index contributed by atoms with van der Waals surface area (Å²) in [6.45, 7) is 6.91. The Bertz CT molecular complexity index is 108. The number of aliphatic hydroxyl groups excluding tert-OH is 1. The molecule has 1 aliphatic rings. The second-order valence-electron chi connectivity index (χ2n) is 3.20. The van der Waals surface area contributed by atoms with Gasteiger partial charge in [0.2, 0.25) is 0 Å². The van der Waals surface area contributed by atoms with Crippen molar-refractivity contribution in [3.05, 3.63) is 0 Å². The molecule has 1 rings (SSSR count). The van der Waals surface area contributed by atoms with Gasteiger partial charge in [-0.1, -0.05) is 6.92 Å². The summed E-state index contributed by atoms with van der Waals surface area (Å²) in [7, 11) is 0. The van der Waals surface area contributed by atoms with Crippen molar-refractivity contribution in [2.75, 3.05) is 39.5 Å². The molecule has 1 unspecified atom stereocenters. The largest absolute Gasteiger partial charge is 0.395 e. The second-order valence-corrected chi connectivity index (χ2v) is 3.20. The van der Waals surface area contributed by atoms with Gasteiger partial charge in [-0.05, 0) is 5.92 Å². The van der Waals surface area contributed by atoms with Gasteiger partial charge in [0.15, 0.2) is 0 Å². The average molecular weight is 159 g/mol. The molecule has 1 fully saturated rings. The van der Waals surface area contributed by atoms with Gasteiger partial charge in [0.1, 0.15) is 0 Å². The third kappa shape index (κ3) is 3.18. The molecule has 1 atom stereocenters.